The molecule has 0 radical (unpaired) electrons. The fourth-order valence-electron chi connectivity index (χ4n) is 2.67. The van der Waals surface area contributed by atoms with Gasteiger partial charge in [-0.3, -0.25) is 4.79 Å². The van der Waals surface area contributed by atoms with Crippen molar-refractivity contribution in [3.63, 3.8) is 0 Å². The number of hydrogen-bond donors (Lipinski definition) is 1. The second-order valence-electron chi connectivity index (χ2n) is 6.39. The summed E-state index contributed by atoms with van der Waals surface area (Å²) in [4.78, 5) is 12.3. The van der Waals surface area contributed by atoms with Gasteiger partial charge in [0, 0.05) is 17.2 Å². The molecular formula is C20H20BrClN4O2S. The molecule has 2 aromatic carbocycles. The van der Waals surface area contributed by atoms with Gasteiger partial charge in [0.15, 0.2) is 17.1 Å². The molecule has 152 valence electrons. The number of rotatable bonds is 7. The summed E-state index contributed by atoms with van der Waals surface area (Å²) in [6.07, 6.45) is -0.346. The summed E-state index contributed by atoms with van der Waals surface area (Å²) in [7, 11) is 1.85. The Hall–Kier alpha value is -2.03. The Bertz CT molecular complexity index is 1030. The fourth-order valence-corrected chi connectivity index (χ4v) is 4.05. The van der Waals surface area contributed by atoms with Crippen LogP contribution in [0.25, 0.3) is 0 Å². The van der Waals surface area contributed by atoms with Crippen LogP contribution in [0.5, 0.6) is 5.75 Å². The van der Waals surface area contributed by atoms with E-state index in [-0.39, 0.29) is 17.8 Å². The summed E-state index contributed by atoms with van der Waals surface area (Å²) in [6.45, 7) is 3.83. The second kappa shape index (κ2) is 9.65. The molecule has 0 aliphatic carbocycles. The fraction of sp³-hybridized carbons (Fsp3) is 0.250. The van der Waals surface area contributed by atoms with Crippen LogP contribution in [0.4, 0.5) is 5.69 Å². The largest absolute Gasteiger partial charge is 0.481 e. The molecule has 3 aromatic rings. The monoisotopic (exact) mass is 494 g/mol. The second-order valence-corrected chi connectivity index (χ2v) is 8.65. The predicted octanol–water partition coefficient (Wildman–Crippen LogP) is 5.41. The van der Waals surface area contributed by atoms with Gasteiger partial charge >= 0.3 is 0 Å². The number of benzene rings is 2. The van der Waals surface area contributed by atoms with Crippen molar-refractivity contribution in [1.29, 1.82) is 0 Å². The Balaban J connectivity index is 1.60. The van der Waals surface area contributed by atoms with Crippen molar-refractivity contribution in [3.8, 4) is 5.75 Å². The quantitative estimate of drug-likeness (QED) is 0.444. The van der Waals surface area contributed by atoms with E-state index in [1.54, 1.807) is 12.1 Å². The molecule has 0 bridgehead atoms. The molecule has 0 aliphatic heterocycles. The zero-order valence-electron chi connectivity index (χ0n) is 16.1. The average molecular weight is 496 g/mol. The van der Waals surface area contributed by atoms with Crippen molar-refractivity contribution in [1.82, 2.24) is 14.8 Å². The number of para-hydroxylation sites is 1. The number of carbonyl (C=O) groups is 1. The van der Waals surface area contributed by atoms with Crippen LogP contribution >= 0.6 is 39.3 Å². The smallest absolute Gasteiger partial charge is 0.234 e. The molecule has 1 atom stereocenters. The summed E-state index contributed by atoms with van der Waals surface area (Å²) < 4.78 is 8.70. The maximum absolute atomic E-state index is 12.3. The lowest BCUT2D eigenvalue weighted by Gasteiger charge is -2.15. The van der Waals surface area contributed by atoms with E-state index in [2.05, 4.69) is 31.4 Å². The number of nitrogens with one attached hydrogen (secondary N) is 1. The Morgan fingerprint density at radius 3 is 2.79 bits per heavy atom. The van der Waals surface area contributed by atoms with E-state index in [9.17, 15) is 4.79 Å². The van der Waals surface area contributed by atoms with Crippen LogP contribution < -0.4 is 10.1 Å². The SMILES string of the molecule is Cc1cc(Br)ccc1NC(=O)CSc1nnc([C@@H](C)Oc2ccccc2Cl)n1C. The highest BCUT2D eigenvalue weighted by molar-refractivity contribution is 9.10. The minimum atomic E-state index is -0.346. The maximum atomic E-state index is 12.3. The molecule has 1 heterocycles. The van der Waals surface area contributed by atoms with E-state index < -0.39 is 0 Å². The number of aryl methyl sites for hydroxylation is 1. The van der Waals surface area contributed by atoms with Crippen molar-refractivity contribution in [2.75, 3.05) is 11.1 Å². The van der Waals surface area contributed by atoms with Crippen LogP contribution in [-0.4, -0.2) is 26.4 Å². The van der Waals surface area contributed by atoms with Crippen LogP contribution in [0.15, 0.2) is 52.1 Å². The molecule has 29 heavy (non-hydrogen) atoms. The first-order valence-electron chi connectivity index (χ1n) is 8.84. The van der Waals surface area contributed by atoms with Gasteiger partial charge in [-0.25, -0.2) is 0 Å². The number of carbonyl (C=O) groups excluding carboxylic acids is 1. The molecule has 1 aromatic heterocycles. The van der Waals surface area contributed by atoms with Crippen LogP contribution in [0, 0.1) is 6.92 Å². The zero-order chi connectivity index (χ0) is 21.0. The molecule has 3 rings (SSSR count). The lowest BCUT2D eigenvalue weighted by atomic mass is 10.2. The number of thioether (sulfide) groups is 1. The van der Waals surface area contributed by atoms with E-state index in [1.165, 1.54) is 11.8 Å². The van der Waals surface area contributed by atoms with Crippen molar-refractivity contribution >= 4 is 50.9 Å². The first kappa shape index (κ1) is 21.7. The number of halogens is 2. The molecule has 6 nitrogen and oxygen atoms in total. The molecule has 0 fully saturated rings. The number of aromatic nitrogens is 3. The van der Waals surface area contributed by atoms with Gasteiger partial charge in [0.1, 0.15) is 5.75 Å². The van der Waals surface area contributed by atoms with Gasteiger partial charge in [-0.1, -0.05) is 51.4 Å². The standard InChI is InChI=1S/C20H20BrClN4O2S/c1-12-10-14(21)8-9-16(12)23-18(27)11-29-20-25-24-19(26(20)3)13(2)28-17-7-5-4-6-15(17)22/h4-10,13H,11H2,1-3H3,(H,23,27)/t13-/m1/s1. The predicted molar refractivity (Wildman–Crippen MR) is 120 cm³/mol. The number of nitrogens with zero attached hydrogens (tertiary/aromatic N) is 3. The molecule has 0 spiro atoms. The number of amides is 1. The molecule has 0 saturated heterocycles. The Kier molecular flexibility index (Phi) is 7.21. The molecule has 1 amide bonds. The molecule has 0 saturated carbocycles. The molecule has 0 unspecified atom stereocenters. The van der Waals surface area contributed by atoms with Gasteiger partial charge in [-0.2, -0.15) is 0 Å². The highest BCUT2D eigenvalue weighted by atomic mass is 79.9. The Labute approximate surface area is 187 Å². The number of anilines is 1. The third-order valence-electron chi connectivity index (χ3n) is 4.17. The van der Waals surface area contributed by atoms with E-state index in [0.29, 0.717) is 21.8 Å². The molecular weight excluding hydrogens is 476 g/mol. The van der Waals surface area contributed by atoms with Crippen LogP contribution in [-0.2, 0) is 11.8 Å². The first-order valence-corrected chi connectivity index (χ1v) is 11.0. The van der Waals surface area contributed by atoms with Crippen LogP contribution in [0.3, 0.4) is 0 Å². The van der Waals surface area contributed by atoms with Crippen LogP contribution in [0.2, 0.25) is 5.02 Å². The Morgan fingerprint density at radius 1 is 1.31 bits per heavy atom. The molecule has 1 N–H and O–H groups in total. The highest BCUT2D eigenvalue weighted by Crippen LogP contribution is 2.29. The summed E-state index contributed by atoms with van der Waals surface area (Å²) in [5, 5.41) is 12.5. The zero-order valence-corrected chi connectivity index (χ0v) is 19.3. The van der Waals surface area contributed by atoms with E-state index in [0.717, 1.165) is 15.7 Å². The van der Waals surface area contributed by atoms with Crippen molar-refractivity contribution in [3.05, 3.63) is 63.3 Å². The lowest BCUT2D eigenvalue weighted by Crippen LogP contribution is -2.15. The lowest BCUT2D eigenvalue weighted by molar-refractivity contribution is -0.113. The van der Waals surface area contributed by atoms with Gasteiger partial charge in [0.25, 0.3) is 0 Å². The van der Waals surface area contributed by atoms with Gasteiger partial charge in [0.05, 0.1) is 10.8 Å². The van der Waals surface area contributed by atoms with Crippen molar-refractivity contribution < 1.29 is 9.53 Å². The average Bonchev–Trinajstić information content (AvgIpc) is 3.05. The summed E-state index contributed by atoms with van der Waals surface area (Å²) in [5.41, 5.74) is 1.78. The normalized spacial score (nSPS) is 11.9. The Morgan fingerprint density at radius 2 is 2.07 bits per heavy atom. The summed E-state index contributed by atoms with van der Waals surface area (Å²) in [6, 6.07) is 13.0. The summed E-state index contributed by atoms with van der Waals surface area (Å²) >= 11 is 10.9. The van der Waals surface area contributed by atoms with Gasteiger partial charge in [-0.15, -0.1) is 10.2 Å². The third kappa shape index (κ3) is 5.52. The third-order valence-corrected chi connectivity index (χ3v) is 5.99. The molecule has 9 heteroatoms. The summed E-state index contributed by atoms with van der Waals surface area (Å²) in [5.74, 6) is 1.35. The van der Waals surface area contributed by atoms with E-state index in [1.807, 2.05) is 55.8 Å². The van der Waals surface area contributed by atoms with E-state index >= 15 is 0 Å². The van der Waals surface area contributed by atoms with E-state index in [4.69, 9.17) is 16.3 Å². The number of ether oxygens (including phenoxy) is 1. The number of hydrogen-bond acceptors (Lipinski definition) is 5. The van der Waals surface area contributed by atoms with Gasteiger partial charge < -0.3 is 14.6 Å². The maximum Gasteiger partial charge on any atom is 0.234 e. The first-order chi connectivity index (χ1) is 13.8. The minimum absolute atomic E-state index is 0.106. The highest BCUT2D eigenvalue weighted by Gasteiger charge is 2.19. The van der Waals surface area contributed by atoms with Crippen LogP contribution in [0.1, 0.15) is 24.4 Å². The molecule has 0 aliphatic rings. The van der Waals surface area contributed by atoms with Crippen molar-refractivity contribution in [2.24, 2.45) is 7.05 Å². The van der Waals surface area contributed by atoms with Crippen molar-refractivity contribution in [2.45, 2.75) is 25.1 Å². The minimum Gasteiger partial charge on any atom is -0.481 e. The van der Waals surface area contributed by atoms with Gasteiger partial charge in [0.2, 0.25) is 5.91 Å². The van der Waals surface area contributed by atoms with Gasteiger partial charge in [-0.05, 0) is 49.7 Å². The topological polar surface area (TPSA) is 69.0 Å².